The van der Waals surface area contributed by atoms with Crippen LogP contribution in [0.5, 0.6) is 0 Å². The van der Waals surface area contributed by atoms with Crippen LogP contribution in [0.3, 0.4) is 0 Å². The Morgan fingerprint density at radius 2 is 1.56 bits per heavy atom. The van der Waals surface area contributed by atoms with Gasteiger partial charge in [0.25, 0.3) is 0 Å². The second-order valence-electron chi connectivity index (χ2n) is 6.63. The Hall–Kier alpha value is -1.49. The lowest BCUT2D eigenvalue weighted by Crippen LogP contribution is -2.53. The quantitative estimate of drug-likeness (QED) is 0.384. The van der Waals surface area contributed by atoms with Crippen LogP contribution in [0.15, 0.2) is 25.3 Å². The molecule has 1 heterocycles. The van der Waals surface area contributed by atoms with E-state index in [-0.39, 0.29) is 5.82 Å². The van der Waals surface area contributed by atoms with Gasteiger partial charge < -0.3 is 10.7 Å². The van der Waals surface area contributed by atoms with Gasteiger partial charge in [-0.2, -0.15) is 0 Å². The van der Waals surface area contributed by atoms with Gasteiger partial charge in [-0.15, -0.1) is 13.2 Å². The van der Waals surface area contributed by atoms with Gasteiger partial charge in [0.15, 0.2) is 0 Å². The van der Waals surface area contributed by atoms with E-state index < -0.39 is 17.9 Å². The molecule has 3 N–H and O–H groups in total. The molecule has 0 aliphatic rings. The van der Waals surface area contributed by atoms with Crippen molar-refractivity contribution in [1.29, 1.82) is 0 Å². The molecule has 0 aromatic carbocycles. The van der Waals surface area contributed by atoms with Gasteiger partial charge in [0.1, 0.15) is 23.7 Å². The van der Waals surface area contributed by atoms with Crippen LogP contribution >= 0.6 is 0 Å². The highest BCUT2D eigenvalue weighted by Crippen LogP contribution is 2.31. The number of aromatic nitrogens is 2. The third-order valence-corrected chi connectivity index (χ3v) is 4.65. The third kappa shape index (κ3) is 5.24. The fourth-order valence-electron chi connectivity index (χ4n) is 2.96. The van der Waals surface area contributed by atoms with Gasteiger partial charge in [-0.05, 0) is 25.7 Å². The zero-order valence-electron chi connectivity index (χ0n) is 15.7. The Labute approximate surface area is 150 Å². The Bertz CT molecular complexity index is 498. The van der Waals surface area contributed by atoms with Crippen molar-refractivity contribution >= 4 is 0 Å². The molecule has 0 saturated heterocycles. The van der Waals surface area contributed by atoms with E-state index in [1.165, 1.54) is 0 Å². The van der Waals surface area contributed by atoms with Crippen LogP contribution in [0, 0.1) is 0 Å². The molecular weight excluding hydrogens is 320 g/mol. The molecule has 1 aromatic rings. The van der Waals surface area contributed by atoms with E-state index in [1.54, 1.807) is 0 Å². The molecule has 25 heavy (non-hydrogen) atoms. The molecule has 3 nitrogen and oxygen atoms in total. The summed E-state index contributed by atoms with van der Waals surface area (Å²) >= 11 is 0. The summed E-state index contributed by atoms with van der Waals surface area (Å²) in [5, 5.41) is 0. The Morgan fingerprint density at radius 3 is 2.04 bits per heavy atom. The van der Waals surface area contributed by atoms with Crippen molar-refractivity contribution in [1.82, 2.24) is 9.97 Å². The molecule has 0 spiro atoms. The molecule has 1 aromatic heterocycles. The highest BCUT2D eigenvalue weighted by Gasteiger charge is 2.45. The Kier molecular flexibility index (Phi) is 9.04. The van der Waals surface area contributed by atoms with Crippen molar-refractivity contribution in [2.45, 2.75) is 83.1 Å². The van der Waals surface area contributed by atoms with E-state index in [2.05, 4.69) is 37.0 Å². The average Bonchev–Trinajstić information content (AvgIpc) is 3.03. The number of H-pyrrole nitrogens is 1. The van der Waals surface area contributed by atoms with Crippen molar-refractivity contribution in [2.24, 2.45) is 5.73 Å². The van der Waals surface area contributed by atoms with Gasteiger partial charge in [-0.1, -0.05) is 51.7 Å². The minimum Gasteiger partial charge on any atom is -0.344 e. The highest BCUT2D eigenvalue weighted by molar-refractivity contribution is 5.26. The number of hydrogen-bond donors (Lipinski definition) is 2. The summed E-state index contributed by atoms with van der Waals surface area (Å²) in [4.78, 5) is 7.64. The smallest absolute Gasteiger partial charge is 0.146 e. The van der Waals surface area contributed by atoms with Crippen molar-refractivity contribution < 1.29 is 8.78 Å². The fraction of sp³-hybridized carbons (Fsp3) is 0.650. The Balaban J connectivity index is 3.19. The van der Waals surface area contributed by atoms with Gasteiger partial charge in [-0.25, -0.2) is 13.8 Å². The maximum absolute atomic E-state index is 14.5. The van der Waals surface area contributed by atoms with Crippen molar-refractivity contribution in [3.63, 3.8) is 0 Å². The van der Waals surface area contributed by atoms with E-state index in [4.69, 9.17) is 5.73 Å². The van der Waals surface area contributed by atoms with Gasteiger partial charge >= 0.3 is 0 Å². The summed E-state index contributed by atoms with van der Waals surface area (Å²) in [5.41, 5.74) is 6.03. The van der Waals surface area contributed by atoms with Crippen LogP contribution in [0.1, 0.15) is 69.6 Å². The molecule has 0 aliphatic heterocycles. The first-order chi connectivity index (χ1) is 11.9. The number of aromatic amines is 1. The van der Waals surface area contributed by atoms with Gasteiger partial charge in [0.2, 0.25) is 0 Å². The Morgan fingerprint density at radius 1 is 1.04 bits per heavy atom. The van der Waals surface area contributed by atoms with Crippen LogP contribution < -0.4 is 5.73 Å². The molecule has 0 bridgehead atoms. The number of imidazole rings is 1. The van der Waals surface area contributed by atoms with Crippen LogP contribution in [0.4, 0.5) is 8.78 Å². The molecule has 5 heteroatoms. The number of aryl methyl sites for hydroxylation is 2. The summed E-state index contributed by atoms with van der Waals surface area (Å²) in [5.74, 6) is 0.144. The van der Waals surface area contributed by atoms with Gasteiger partial charge in [0.05, 0.1) is 5.69 Å². The van der Waals surface area contributed by atoms with Crippen molar-refractivity contribution in [2.75, 3.05) is 0 Å². The predicted molar refractivity (Wildman–Crippen MR) is 101 cm³/mol. The minimum absolute atomic E-state index is 0.144. The first-order valence-corrected chi connectivity index (χ1v) is 9.35. The van der Waals surface area contributed by atoms with Gasteiger partial charge in [0, 0.05) is 5.69 Å². The molecule has 1 rings (SSSR count). The minimum atomic E-state index is -1.92. The van der Waals surface area contributed by atoms with Crippen LogP contribution in [-0.2, 0) is 18.4 Å². The van der Waals surface area contributed by atoms with E-state index in [9.17, 15) is 8.78 Å². The lowest BCUT2D eigenvalue weighted by molar-refractivity contribution is 0.138. The molecule has 142 valence electrons. The molecule has 2 atom stereocenters. The number of nitrogens with zero attached hydrogens (tertiary/aromatic N) is 1. The zero-order valence-corrected chi connectivity index (χ0v) is 15.7. The molecule has 2 unspecified atom stereocenters. The maximum Gasteiger partial charge on any atom is 0.146 e. The molecule has 0 aliphatic carbocycles. The monoisotopic (exact) mass is 353 g/mol. The topological polar surface area (TPSA) is 54.7 Å². The summed E-state index contributed by atoms with van der Waals surface area (Å²) in [6.45, 7) is 11.1. The first-order valence-electron chi connectivity index (χ1n) is 9.35. The van der Waals surface area contributed by atoms with Gasteiger partial charge in [-0.3, -0.25) is 0 Å². The molecule has 0 amide bonds. The third-order valence-electron chi connectivity index (χ3n) is 4.65. The lowest BCUT2D eigenvalue weighted by Gasteiger charge is -2.31. The second-order valence-corrected chi connectivity index (χ2v) is 6.63. The molecule has 0 fully saturated rings. The van der Waals surface area contributed by atoms with Crippen molar-refractivity contribution in [3.8, 4) is 0 Å². The lowest BCUT2D eigenvalue weighted by atomic mass is 9.88. The van der Waals surface area contributed by atoms with E-state index >= 15 is 0 Å². The number of nitrogens with two attached hydrogens (primary N) is 1. The highest BCUT2D eigenvalue weighted by atomic mass is 19.1. The largest absolute Gasteiger partial charge is 0.344 e. The molecule has 0 radical (unpaired) electrons. The molecule has 0 saturated carbocycles. The number of unbranched alkanes of at least 4 members (excludes halogenated alkanes) is 4. The van der Waals surface area contributed by atoms with E-state index in [0.717, 1.165) is 74.9 Å². The number of nitrogens with one attached hydrogen (secondary N) is 1. The normalized spacial score (nSPS) is 16.2. The number of alkyl halides is 2. The maximum atomic E-state index is 14.5. The predicted octanol–water partition coefficient (Wildman–Crippen LogP) is 5.08. The zero-order chi connectivity index (χ0) is 18.9. The van der Waals surface area contributed by atoms with Crippen molar-refractivity contribution in [3.05, 3.63) is 42.5 Å². The van der Waals surface area contributed by atoms with Crippen LogP contribution in [0.25, 0.3) is 0 Å². The van der Waals surface area contributed by atoms with Crippen LogP contribution in [0.2, 0.25) is 0 Å². The van der Waals surface area contributed by atoms with E-state index in [0.29, 0.717) is 0 Å². The van der Waals surface area contributed by atoms with Crippen LogP contribution in [-0.4, -0.2) is 22.3 Å². The second kappa shape index (κ2) is 10.5. The standard InChI is InChI=1S/C20H33F2N3/c1-5-9-11-13-15-16(14-12-10-6-2)25-19(24-15)20(23,17(21)7-3)18(22)8-4/h7-8,17-18H,3-6,9-14,23H2,1-2H3,(H,24,25). The summed E-state index contributed by atoms with van der Waals surface area (Å²) in [6.07, 6.45) is 6.54. The van der Waals surface area contributed by atoms with E-state index in [1.807, 2.05) is 0 Å². The summed E-state index contributed by atoms with van der Waals surface area (Å²) in [6, 6.07) is 0. The summed E-state index contributed by atoms with van der Waals surface area (Å²) < 4.78 is 28.9. The number of hydrogen-bond acceptors (Lipinski definition) is 2. The first kappa shape index (κ1) is 21.6. The average molecular weight is 354 g/mol. The summed E-state index contributed by atoms with van der Waals surface area (Å²) in [7, 11) is 0. The number of halogens is 2. The molecular formula is C20H33F2N3. The fourth-order valence-corrected chi connectivity index (χ4v) is 2.96. The SMILES string of the molecule is C=CC(F)C(N)(c1nc(CCCCC)c(CCCCC)[nH]1)C(F)C=C. The number of rotatable bonds is 13.